The van der Waals surface area contributed by atoms with Crippen molar-refractivity contribution in [2.24, 2.45) is 7.05 Å². The summed E-state index contributed by atoms with van der Waals surface area (Å²) in [5.41, 5.74) is 4.66. The standard InChI is InChI=1S/C11H13N3.C2H6/c1-8-11(9(2)14(3)13-8)10-4-6-12-7-5-10;1-2/h4-7H,1-3H3;1-2H3. The molecule has 0 spiro atoms. The van der Waals surface area contributed by atoms with E-state index in [4.69, 9.17) is 0 Å². The minimum absolute atomic E-state index is 1.07. The number of hydrogen-bond acceptors (Lipinski definition) is 2. The normalized spacial score (nSPS) is 9.56. The Kier molecular flexibility index (Phi) is 4.23. The molecule has 2 aromatic rings. The SMILES string of the molecule is CC.Cc1nn(C)c(C)c1-c1ccncc1. The second kappa shape index (κ2) is 5.45. The number of nitrogens with zero attached hydrogens (tertiary/aromatic N) is 3. The van der Waals surface area contributed by atoms with Crippen molar-refractivity contribution in [1.29, 1.82) is 0 Å². The van der Waals surface area contributed by atoms with Crippen molar-refractivity contribution < 1.29 is 0 Å². The number of rotatable bonds is 1. The van der Waals surface area contributed by atoms with Crippen LogP contribution >= 0.6 is 0 Å². The molecule has 86 valence electrons. The van der Waals surface area contributed by atoms with Crippen LogP contribution in [0.4, 0.5) is 0 Å². The van der Waals surface area contributed by atoms with Gasteiger partial charge in [0.05, 0.1) is 5.69 Å². The summed E-state index contributed by atoms with van der Waals surface area (Å²) < 4.78 is 1.91. The molecular weight excluding hydrogens is 198 g/mol. The highest BCUT2D eigenvalue weighted by molar-refractivity contribution is 5.67. The van der Waals surface area contributed by atoms with E-state index in [1.54, 1.807) is 12.4 Å². The van der Waals surface area contributed by atoms with E-state index >= 15 is 0 Å². The number of aromatic nitrogens is 3. The van der Waals surface area contributed by atoms with Gasteiger partial charge in [0.25, 0.3) is 0 Å². The van der Waals surface area contributed by atoms with Gasteiger partial charge in [-0.3, -0.25) is 9.67 Å². The Bertz CT molecular complexity index is 444. The summed E-state index contributed by atoms with van der Waals surface area (Å²) in [6, 6.07) is 4.02. The predicted molar refractivity (Wildman–Crippen MR) is 67.3 cm³/mol. The third-order valence-electron chi connectivity index (χ3n) is 2.48. The van der Waals surface area contributed by atoms with Gasteiger partial charge in [-0.15, -0.1) is 0 Å². The summed E-state index contributed by atoms with van der Waals surface area (Å²) in [7, 11) is 1.97. The fourth-order valence-corrected chi connectivity index (χ4v) is 1.71. The molecule has 0 aromatic carbocycles. The Morgan fingerprint density at radius 1 is 1.06 bits per heavy atom. The lowest BCUT2D eigenvalue weighted by atomic mass is 10.1. The molecule has 2 heterocycles. The number of aryl methyl sites for hydroxylation is 2. The van der Waals surface area contributed by atoms with Crippen LogP contribution in [-0.4, -0.2) is 14.8 Å². The maximum atomic E-state index is 4.38. The number of pyridine rings is 1. The van der Waals surface area contributed by atoms with Crippen LogP contribution in [0.3, 0.4) is 0 Å². The molecule has 3 heteroatoms. The maximum absolute atomic E-state index is 4.38. The average Bonchev–Trinajstić information content (AvgIpc) is 2.57. The fraction of sp³-hybridized carbons (Fsp3) is 0.385. The highest BCUT2D eigenvalue weighted by Crippen LogP contribution is 2.25. The molecule has 0 fully saturated rings. The summed E-state index contributed by atoms with van der Waals surface area (Å²) in [6.07, 6.45) is 3.61. The topological polar surface area (TPSA) is 30.7 Å². The molecule has 0 N–H and O–H groups in total. The molecule has 0 aliphatic heterocycles. The van der Waals surface area contributed by atoms with Crippen LogP contribution in [0.5, 0.6) is 0 Å². The zero-order valence-electron chi connectivity index (χ0n) is 10.7. The van der Waals surface area contributed by atoms with E-state index in [9.17, 15) is 0 Å². The highest BCUT2D eigenvalue weighted by atomic mass is 15.3. The first kappa shape index (κ1) is 12.4. The summed E-state index contributed by atoms with van der Waals surface area (Å²) in [5, 5.41) is 4.38. The second-order valence-corrected chi connectivity index (χ2v) is 3.41. The van der Waals surface area contributed by atoms with Crippen LogP contribution in [0, 0.1) is 13.8 Å². The molecule has 0 atom stereocenters. The maximum Gasteiger partial charge on any atom is 0.0674 e. The van der Waals surface area contributed by atoms with Crippen LogP contribution < -0.4 is 0 Å². The molecule has 0 amide bonds. The minimum Gasteiger partial charge on any atom is -0.272 e. The van der Waals surface area contributed by atoms with Gasteiger partial charge in [0, 0.05) is 30.7 Å². The monoisotopic (exact) mass is 217 g/mol. The van der Waals surface area contributed by atoms with Crippen LogP contribution in [0.25, 0.3) is 11.1 Å². The van der Waals surface area contributed by atoms with E-state index in [0.717, 1.165) is 5.69 Å². The van der Waals surface area contributed by atoms with Crippen LogP contribution in [0.15, 0.2) is 24.5 Å². The van der Waals surface area contributed by atoms with Gasteiger partial charge in [0.2, 0.25) is 0 Å². The lowest BCUT2D eigenvalue weighted by Gasteiger charge is -2.00. The van der Waals surface area contributed by atoms with Gasteiger partial charge >= 0.3 is 0 Å². The third-order valence-corrected chi connectivity index (χ3v) is 2.48. The Hall–Kier alpha value is -1.64. The molecule has 0 radical (unpaired) electrons. The van der Waals surface area contributed by atoms with Crippen molar-refractivity contribution in [3.8, 4) is 11.1 Å². The first-order valence-corrected chi connectivity index (χ1v) is 5.60. The Morgan fingerprint density at radius 2 is 1.62 bits per heavy atom. The molecule has 3 nitrogen and oxygen atoms in total. The minimum atomic E-state index is 1.07. The summed E-state index contributed by atoms with van der Waals surface area (Å²) in [6.45, 7) is 8.11. The molecule has 0 saturated carbocycles. The highest BCUT2D eigenvalue weighted by Gasteiger charge is 2.10. The van der Waals surface area contributed by atoms with E-state index in [-0.39, 0.29) is 0 Å². The van der Waals surface area contributed by atoms with Crippen molar-refractivity contribution in [3.63, 3.8) is 0 Å². The summed E-state index contributed by atoms with van der Waals surface area (Å²) >= 11 is 0. The van der Waals surface area contributed by atoms with Gasteiger partial charge in [0.15, 0.2) is 0 Å². The van der Waals surface area contributed by atoms with Gasteiger partial charge in [0.1, 0.15) is 0 Å². The molecule has 2 aromatic heterocycles. The zero-order valence-corrected chi connectivity index (χ0v) is 10.7. The van der Waals surface area contributed by atoms with Gasteiger partial charge in [-0.05, 0) is 31.5 Å². The van der Waals surface area contributed by atoms with E-state index in [1.165, 1.54) is 16.8 Å². The van der Waals surface area contributed by atoms with Crippen molar-refractivity contribution in [3.05, 3.63) is 35.9 Å². The van der Waals surface area contributed by atoms with Crippen molar-refractivity contribution >= 4 is 0 Å². The Labute approximate surface area is 97.1 Å². The molecule has 0 bridgehead atoms. The lowest BCUT2D eigenvalue weighted by Crippen LogP contribution is -1.92. The Morgan fingerprint density at radius 3 is 2.06 bits per heavy atom. The number of hydrogen-bond donors (Lipinski definition) is 0. The zero-order chi connectivity index (χ0) is 12.1. The smallest absolute Gasteiger partial charge is 0.0674 e. The van der Waals surface area contributed by atoms with Gasteiger partial charge < -0.3 is 0 Å². The van der Waals surface area contributed by atoms with Crippen LogP contribution in [0.1, 0.15) is 25.2 Å². The third kappa shape index (κ3) is 2.30. The molecule has 0 unspecified atom stereocenters. The summed E-state index contributed by atoms with van der Waals surface area (Å²) in [5.74, 6) is 0. The fourth-order valence-electron chi connectivity index (χ4n) is 1.71. The molecule has 0 saturated heterocycles. The molecule has 0 aliphatic carbocycles. The van der Waals surface area contributed by atoms with E-state index in [1.807, 2.05) is 44.6 Å². The van der Waals surface area contributed by atoms with E-state index < -0.39 is 0 Å². The molecule has 0 aliphatic rings. The average molecular weight is 217 g/mol. The quantitative estimate of drug-likeness (QED) is 0.734. The predicted octanol–water partition coefficient (Wildman–Crippen LogP) is 3.13. The summed E-state index contributed by atoms with van der Waals surface area (Å²) in [4.78, 5) is 4.01. The van der Waals surface area contributed by atoms with Crippen molar-refractivity contribution in [1.82, 2.24) is 14.8 Å². The molecule has 2 rings (SSSR count). The van der Waals surface area contributed by atoms with Gasteiger partial charge in [-0.25, -0.2) is 0 Å². The first-order chi connectivity index (χ1) is 7.70. The second-order valence-electron chi connectivity index (χ2n) is 3.41. The lowest BCUT2D eigenvalue weighted by molar-refractivity contribution is 0.731. The largest absolute Gasteiger partial charge is 0.272 e. The van der Waals surface area contributed by atoms with Crippen molar-refractivity contribution in [2.45, 2.75) is 27.7 Å². The van der Waals surface area contributed by atoms with Gasteiger partial charge in [-0.1, -0.05) is 13.8 Å². The molecule has 16 heavy (non-hydrogen) atoms. The first-order valence-electron chi connectivity index (χ1n) is 5.60. The Balaban J connectivity index is 0.000000606. The van der Waals surface area contributed by atoms with Crippen LogP contribution in [0.2, 0.25) is 0 Å². The van der Waals surface area contributed by atoms with E-state index in [2.05, 4.69) is 17.0 Å². The van der Waals surface area contributed by atoms with Gasteiger partial charge in [-0.2, -0.15) is 5.10 Å². The van der Waals surface area contributed by atoms with Crippen molar-refractivity contribution in [2.75, 3.05) is 0 Å². The van der Waals surface area contributed by atoms with Crippen LogP contribution in [-0.2, 0) is 7.05 Å². The molecular formula is C13H19N3. The van der Waals surface area contributed by atoms with E-state index in [0.29, 0.717) is 0 Å².